The van der Waals surface area contributed by atoms with E-state index in [1.807, 2.05) is 0 Å². The number of hydrogen-bond acceptors (Lipinski definition) is 0. The van der Waals surface area contributed by atoms with Gasteiger partial charge in [-0.05, 0) is 59.5 Å². The average Bonchev–Trinajstić information content (AvgIpc) is 3.50. The number of rotatable bonds is 3. The summed E-state index contributed by atoms with van der Waals surface area (Å²) in [6.45, 7) is 0. The van der Waals surface area contributed by atoms with Gasteiger partial charge in [-0.2, -0.15) is 0 Å². The molecule has 2 nitrogen and oxygen atoms in total. The van der Waals surface area contributed by atoms with E-state index in [-0.39, 0.29) is 6.04 Å². The molecule has 0 saturated carbocycles. The normalized spacial score (nSPS) is 14.9. The van der Waals surface area contributed by atoms with E-state index in [0.29, 0.717) is 0 Å². The third-order valence-electron chi connectivity index (χ3n) is 8.09. The molecule has 0 radical (unpaired) electrons. The quantitative estimate of drug-likeness (QED) is 0.236. The Labute approximate surface area is 221 Å². The molecule has 1 unspecified atom stereocenters. The molecule has 38 heavy (non-hydrogen) atoms. The van der Waals surface area contributed by atoms with Crippen LogP contribution in [-0.4, -0.2) is 9.13 Å². The lowest BCUT2D eigenvalue weighted by Gasteiger charge is -2.22. The topological polar surface area (TPSA) is 9.86 Å². The second-order valence-electron chi connectivity index (χ2n) is 10.2. The Bertz CT molecular complexity index is 1930. The van der Waals surface area contributed by atoms with Crippen molar-refractivity contribution in [2.75, 3.05) is 0 Å². The monoisotopic (exact) mass is 486 g/mol. The Balaban J connectivity index is 1.28. The molecule has 2 heterocycles. The zero-order valence-electron chi connectivity index (χ0n) is 21.0. The molecule has 0 saturated heterocycles. The minimum Gasteiger partial charge on any atom is -0.333 e. The van der Waals surface area contributed by atoms with Crippen molar-refractivity contribution in [1.82, 2.24) is 9.13 Å². The number of para-hydroxylation sites is 3. The van der Waals surface area contributed by atoms with E-state index in [4.69, 9.17) is 0 Å². The van der Waals surface area contributed by atoms with Crippen LogP contribution in [0.2, 0.25) is 0 Å². The van der Waals surface area contributed by atoms with Crippen molar-refractivity contribution >= 4 is 38.8 Å². The Morgan fingerprint density at radius 1 is 0.500 bits per heavy atom. The number of aromatic nitrogens is 2. The molecule has 0 aliphatic heterocycles. The lowest BCUT2D eigenvalue weighted by Crippen LogP contribution is -2.13. The molecule has 0 N–H and O–H groups in total. The molecule has 2 heteroatoms. The van der Waals surface area contributed by atoms with Gasteiger partial charge in [-0.3, -0.25) is 0 Å². The summed E-state index contributed by atoms with van der Waals surface area (Å²) in [5.74, 6) is 0. The summed E-state index contributed by atoms with van der Waals surface area (Å²) >= 11 is 0. The second-order valence-corrected chi connectivity index (χ2v) is 10.2. The highest BCUT2D eigenvalue weighted by atomic mass is 15.0. The van der Waals surface area contributed by atoms with Gasteiger partial charge < -0.3 is 9.13 Å². The van der Waals surface area contributed by atoms with E-state index in [9.17, 15) is 0 Å². The van der Waals surface area contributed by atoms with Crippen molar-refractivity contribution in [3.63, 3.8) is 0 Å². The van der Waals surface area contributed by atoms with Crippen molar-refractivity contribution < 1.29 is 0 Å². The van der Waals surface area contributed by atoms with Crippen LogP contribution in [0.3, 0.4) is 0 Å². The summed E-state index contributed by atoms with van der Waals surface area (Å²) in [7, 11) is 0. The lowest BCUT2D eigenvalue weighted by molar-refractivity contribution is 0.636. The summed E-state index contributed by atoms with van der Waals surface area (Å²) in [6.07, 6.45) is 5.71. The van der Waals surface area contributed by atoms with Crippen molar-refractivity contribution in [2.24, 2.45) is 0 Å². The smallest absolute Gasteiger partial charge is 0.0567 e. The van der Waals surface area contributed by atoms with E-state index in [1.54, 1.807) is 0 Å². The number of allylic oxidation sites excluding steroid dienone is 1. The molecule has 1 atom stereocenters. The minimum absolute atomic E-state index is 0.256. The molecule has 0 amide bonds. The van der Waals surface area contributed by atoms with Gasteiger partial charge in [0.15, 0.2) is 0 Å². The van der Waals surface area contributed by atoms with Gasteiger partial charge in [0.2, 0.25) is 0 Å². The first-order valence-corrected chi connectivity index (χ1v) is 13.3. The molecule has 0 bridgehead atoms. The Kier molecular flexibility index (Phi) is 4.68. The van der Waals surface area contributed by atoms with Crippen LogP contribution in [0.5, 0.6) is 0 Å². The molecule has 1 aliphatic rings. The molecule has 180 valence electrons. The van der Waals surface area contributed by atoms with E-state index in [2.05, 4.69) is 149 Å². The van der Waals surface area contributed by atoms with Gasteiger partial charge in [0.05, 0.1) is 11.6 Å². The SMILES string of the molecule is C1=CC(n2c3ccccc3c3ccccc32)Cc2c1n(-c1ccc(-c3ccccc3)cc1)c1ccccc21. The first-order valence-electron chi connectivity index (χ1n) is 13.3. The van der Waals surface area contributed by atoms with E-state index in [0.717, 1.165) is 6.42 Å². The summed E-state index contributed by atoms with van der Waals surface area (Å²) in [5, 5.41) is 3.98. The first kappa shape index (κ1) is 21.3. The van der Waals surface area contributed by atoms with Crippen LogP contribution in [0.1, 0.15) is 17.3 Å². The summed E-state index contributed by atoms with van der Waals surface area (Å²) in [4.78, 5) is 0. The molecule has 0 spiro atoms. The highest BCUT2D eigenvalue weighted by molar-refractivity contribution is 6.08. The van der Waals surface area contributed by atoms with Crippen LogP contribution in [-0.2, 0) is 6.42 Å². The van der Waals surface area contributed by atoms with Gasteiger partial charge >= 0.3 is 0 Å². The van der Waals surface area contributed by atoms with Gasteiger partial charge in [0.25, 0.3) is 0 Å². The van der Waals surface area contributed by atoms with E-state index in [1.165, 1.54) is 60.8 Å². The zero-order chi connectivity index (χ0) is 25.1. The van der Waals surface area contributed by atoms with Crippen LogP contribution >= 0.6 is 0 Å². The van der Waals surface area contributed by atoms with Crippen LogP contribution in [0.4, 0.5) is 0 Å². The maximum atomic E-state index is 2.53. The molecule has 1 aliphatic carbocycles. The van der Waals surface area contributed by atoms with Gasteiger partial charge in [-0.25, -0.2) is 0 Å². The van der Waals surface area contributed by atoms with Crippen LogP contribution in [0.15, 0.2) is 133 Å². The Hall–Kier alpha value is -4.82. The minimum atomic E-state index is 0.256. The van der Waals surface area contributed by atoms with Gasteiger partial charge in [-0.15, -0.1) is 0 Å². The van der Waals surface area contributed by atoms with Crippen LogP contribution < -0.4 is 0 Å². The molecule has 0 fully saturated rings. The molecular weight excluding hydrogens is 460 g/mol. The zero-order valence-corrected chi connectivity index (χ0v) is 21.0. The predicted molar refractivity (Wildman–Crippen MR) is 160 cm³/mol. The van der Waals surface area contributed by atoms with Crippen LogP contribution in [0, 0.1) is 0 Å². The van der Waals surface area contributed by atoms with Gasteiger partial charge in [0, 0.05) is 38.6 Å². The predicted octanol–water partition coefficient (Wildman–Crippen LogP) is 9.22. The van der Waals surface area contributed by atoms with Gasteiger partial charge in [0.1, 0.15) is 0 Å². The number of fused-ring (bicyclic) bond motifs is 6. The van der Waals surface area contributed by atoms with Crippen molar-refractivity contribution in [3.8, 4) is 16.8 Å². The maximum absolute atomic E-state index is 2.53. The van der Waals surface area contributed by atoms with Gasteiger partial charge in [-0.1, -0.05) is 103 Å². The highest BCUT2D eigenvalue weighted by Crippen LogP contribution is 2.40. The van der Waals surface area contributed by atoms with E-state index >= 15 is 0 Å². The summed E-state index contributed by atoms with van der Waals surface area (Å²) in [5.41, 5.74) is 10.2. The van der Waals surface area contributed by atoms with Crippen LogP contribution in [0.25, 0.3) is 55.6 Å². The van der Waals surface area contributed by atoms with Crippen molar-refractivity contribution in [2.45, 2.75) is 12.5 Å². The Morgan fingerprint density at radius 2 is 1.05 bits per heavy atom. The standard InChI is InChI=1S/C36H26N2/c1-2-10-25(11-3-1)26-18-20-27(21-19-26)37-35-17-9-6-14-31(35)32-24-28(22-23-36(32)37)38-33-15-7-4-12-29(33)30-13-5-8-16-34(30)38/h1-23,28H,24H2. The van der Waals surface area contributed by atoms with Crippen molar-refractivity contribution in [3.05, 3.63) is 145 Å². The fraction of sp³-hybridized carbons (Fsp3) is 0.0556. The summed E-state index contributed by atoms with van der Waals surface area (Å²) < 4.78 is 4.96. The lowest BCUT2D eigenvalue weighted by atomic mass is 9.96. The highest BCUT2D eigenvalue weighted by Gasteiger charge is 2.25. The third kappa shape index (κ3) is 3.13. The molecule has 5 aromatic carbocycles. The second kappa shape index (κ2) is 8.36. The first-order chi connectivity index (χ1) is 18.9. The fourth-order valence-corrected chi connectivity index (χ4v) is 6.39. The maximum Gasteiger partial charge on any atom is 0.0567 e. The third-order valence-corrected chi connectivity index (χ3v) is 8.09. The summed E-state index contributed by atoms with van der Waals surface area (Å²) in [6, 6.07) is 46.3. The number of nitrogens with zero attached hydrogens (tertiary/aromatic N) is 2. The molecule has 7 aromatic rings. The largest absolute Gasteiger partial charge is 0.333 e. The number of benzene rings is 5. The molecule has 2 aromatic heterocycles. The molecular formula is C36H26N2. The average molecular weight is 487 g/mol. The Morgan fingerprint density at radius 3 is 1.74 bits per heavy atom. The fourth-order valence-electron chi connectivity index (χ4n) is 6.39. The van der Waals surface area contributed by atoms with Crippen molar-refractivity contribution in [1.29, 1.82) is 0 Å². The number of hydrogen-bond donors (Lipinski definition) is 0. The van der Waals surface area contributed by atoms with E-state index < -0.39 is 0 Å². The molecule has 8 rings (SSSR count).